The van der Waals surface area contributed by atoms with E-state index in [1.807, 2.05) is 55.5 Å². The SMILES string of the molecule is CCn1c(=O)n(CC(=O)NC(c2ccc(Cl)cc2)C(C)C)c2ccccc21. The summed E-state index contributed by atoms with van der Waals surface area (Å²) >= 11 is 5.97. The van der Waals surface area contributed by atoms with Gasteiger partial charge in [-0.1, -0.05) is 49.7 Å². The van der Waals surface area contributed by atoms with Crippen molar-refractivity contribution in [2.24, 2.45) is 5.92 Å². The third kappa shape index (κ3) is 3.93. The molecule has 0 spiro atoms. The zero-order valence-electron chi connectivity index (χ0n) is 15.8. The van der Waals surface area contributed by atoms with E-state index in [-0.39, 0.29) is 30.1 Å². The fourth-order valence-corrected chi connectivity index (χ4v) is 3.52. The molecule has 1 unspecified atom stereocenters. The summed E-state index contributed by atoms with van der Waals surface area (Å²) in [6, 6.07) is 14.9. The average molecular weight is 386 g/mol. The lowest BCUT2D eigenvalue weighted by atomic mass is 9.96. The van der Waals surface area contributed by atoms with Gasteiger partial charge in [0.25, 0.3) is 0 Å². The lowest BCUT2D eigenvalue weighted by Crippen LogP contribution is -2.36. The van der Waals surface area contributed by atoms with Gasteiger partial charge >= 0.3 is 5.69 Å². The molecule has 2 aromatic carbocycles. The van der Waals surface area contributed by atoms with Crippen LogP contribution in [0.5, 0.6) is 0 Å². The summed E-state index contributed by atoms with van der Waals surface area (Å²) in [7, 11) is 0. The Morgan fingerprint density at radius 2 is 1.63 bits per heavy atom. The summed E-state index contributed by atoms with van der Waals surface area (Å²) in [6.07, 6.45) is 0. The van der Waals surface area contributed by atoms with Crippen molar-refractivity contribution < 1.29 is 4.79 Å². The van der Waals surface area contributed by atoms with Gasteiger partial charge in [0.2, 0.25) is 5.91 Å². The van der Waals surface area contributed by atoms with Crippen LogP contribution in [-0.2, 0) is 17.9 Å². The van der Waals surface area contributed by atoms with Crippen LogP contribution in [0, 0.1) is 5.92 Å². The highest BCUT2D eigenvalue weighted by molar-refractivity contribution is 6.30. The number of hydrogen-bond acceptors (Lipinski definition) is 2. The van der Waals surface area contributed by atoms with Crippen LogP contribution in [0.3, 0.4) is 0 Å². The van der Waals surface area contributed by atoms with Gasteiger partial charge in [0.05, 0.1) is 17.1 Å². The number of benzene rings is 2. The highest BCUT2D eigenvalue weighted by Gasteiger charge is 2.20. The molecular weight excluding hydrogens is 362 g/mol. The van der Waals surface area contributed by atoms with Crippen molar-refractivity contribution >= 4 is 28.5 Å². The molecule has 6 heteroatoms. The van der Waals surface area contributed by atoms with Gasteiger partial charge in [-0.3, -0.25) is 13.9 Å². The van der Waals surface area contributed by atoms with E-state index in [1.54, 1.807) is 4.57 Å². The predicted octanol–water partition coefficient (Wildman–Crippen LogP) is 3.99. The molecule has 0 aliphatic rings. The van der Waals surface area contributed by atoms with Crippen LogP contribution < -0.4 is 11.0 Å². The summed E-state index contributed by atoms with van der Waals surface area (Å²) in [5, 5.41) is 3.73. The first-order valence-corrected chi connectivity index (χ1v) is 9.53. The fourth-order valence-electron chi connectivity index (χ4n) is 3.40. The molecule has 5 nitrogen and oxygen atoms in total. The molecule has 1 N–H and O–H groups in total. The number of para-hydroxylation sites is 2. The highest BCUT2D eigenvalue weighted by Crippen LogP contribution is 2.23. The molecule has 0 saturated heterocycles. The van der Waals surface area contributed by atoms with Gasteiger partial charge in [-0.25, -0.2) is 4.79 Å². The number of halogens is 1. The molecule has 0 fully saturated rings. The third-order valence-electron chi connectivity index (χ3n) is 4.76. The van der Waals surface area contributed by atoms with Gasteiger partial charge in [-0.2, -0.15) is 0 Å². The van der Waals surface area contributed by atoms with Gasteiger partial charge < -0.3 is 5.32 Å². The van der Waals surface area contributed by atoms with E-state index in [0.29, 0.717) is 11.6 Å². The minimum atomic E-state index is -0.190. The Labute approximate surface area is 163 Å². The van der Waals surface area contributed by atoms with E-state index < -0.39 is 0 Å². The molecule has 0 bridgehead atoms. The average Bonchev–Trinajstić information content (AvgIpc) is 2.92. The van der Waals surface area contributed by atoms with Crippen molar-refractivity contribution in [1.29, 1.82) is 0 Å². The smallest absolute Gasteiger partial charge is 0.329 e. The van der Waals surface area contributed by atoms with Crippen LogP contribution in [-0.4, -0.2) is 15.0 Å². The lowest BCUT2D eigenvalue weighted by molar-refractivity contribution is -0.122. The highest BCUT2D eigenvalue weighted by atomic mass is 35.5. The standard InChI is InChI=1S/C21H24ClN3O2/c1-4-24-17-7-5-6-8-18(17)25(21(24)27)13-19(26)23-20(14(2)3)15-9-11-16(22)12-10-15/h5-12,14,20H,4,13H2,1-3H3,(H,23,26). The first kappa shape index (κ1) is 19.2. The maximum absolute atomic E-state index is 12.8. The predicted molar refractivity (Wildman–Crippen MR) is 109 cm³/mol. The Bertz CT molecular complexity index is 1000. The third-order valence-corrected chi connectivity index (χ3v) is 5.01. The summed E-state index contributed by atoms with van der Waals surface area (Å²) in [5.41, 5.74) is 2.44. The van der Waals surface area contributed by atoms with Crippen molar-refractivity contribution in [3.8, 4) is 0 Å². The number of imidazole rings is 1. The number of carbonyl (C=O) groups is 1. The molecule has 1 heterocycles. The van der Waals surface area contributed by atoms with Crippen molar-refractivity contribution in [2.75, 3.05) is 0 Å². The number of rotatable bonds is 6. The number of hydrogen-bond donors (Lipinski definition) is 1. The largest absolute Gasteiger partial charge is 0.347 e. The van der Waals surface area contributed by atoms with E-state index in [2.05, 4.69) is 19.2 Å². The summed E-state index contributed by atoms with van der Waals surface area (Å²) in [6.45, 7) is 6.58. The molecule has 1 aromatic heterocycles. The monoisotopic (exact) mass is 385 g/mol. The van der Waals surface area contributed by atoms with E-state index >= 15 is 0 Å². The minimum Gasteiger partial charge on any atom is -0.347 e. The number of carbonyl (C=O) groups excluding carboxylic acids is 1. The molecule has 142 valence electrons. The van der Waals surface area contributed by atoms with Crippen LogP contribution in [0.15, 0.2) is 53.3 Å². The molecule has 3 aromatic rings. The lowest BCUT2D eigenvalue weighted by Gasteiger charge is -2.23. The first-order valence-electron chi connectivity index (χ1n) is 9.15. The second-order valence-electron chi connectivity index (χ2n) is 6.94. The molecule has 27 heavy (non-hydrogen) atoms. The molecule has 0 aliphatic heterocycles. The Kier molecular flexibility index (Phi) is 5.71. The van der Waals surface area contributed by atoms with Crippen molar-refractivity contribution in [3.63, 3.8) is 0 Å². The Morgan fingerprint density at radius 3 is 2.19 bits per heavy atom. The number of fused-ring (bicyclic) bond motifs is 1. The zero-order chi connectivity index (χ0) is 19.6. The van der Waals surface area contributed by atoms with Crippen molar-refractivity contribution in [3.05, 3.63) is 69.6 Å². The van der Waals surface area contributed by atoms with E-state index in [1.165, 1.54) is 4.57 Å². The quantitative estimate of drug-likeness (QED) is 0.697. The normalized spacial score (nSPS) is 12.5. The number of nitrogens with zero attached hydrogens (tertiary/aromatic N) is 2. The van der Waals surface area contributed by atoms with Crippen LogP contribution in [0.1, 0.15) is 32.4 Å². The molecule has 1 atom stereocenters. The number of amides is 1. The van der Waals surface area contributed by atoms with Crippen LogP contribution in [0.2, 0.25) is 5.02 Å². The molecule has 1 amide bonds. The van der Waals surface area contributed by atoms with Gasteiger partial charge in [0.15, 0.2) is 0 Å². The van der Waals surface area contributed by atoms with E-state index in [0.717, 1.165) is 16.6 Å². The number of aromatic nitrogens is 2. The summed E-state index contributed by atoms with van der Waals surface area (Å²) in [4.78, 5) is 25.5. The maximum Gasteiger partial charge on any atom is 0.329 e. The van der Waals surface area contributed by atoms with Crippen molar-refractivity contribution in [2.45, 2.75) is 39.9 Å². The van der Waals surface area contributed by atoms with Gasteiger partial charge in [0.1, 0.15) is 6.54 Å². The van der Waals surface area contributed by atoms with Gasteiger partial charge in [-0.05, 0) is 42.7 Å². The van der Waals surface area contributed by atoms with Crippen LogP contribution >= 0.6 is 11.6 Å². The molecule has 3 rings (SSSR count). The number of aryl methyl sites for hydroxylation is 1. The van der Waals surface area contributed by atoms with Crippen molar-refractivity contribution in [1.82, 2.24) is 14.5 Å². The fraction of sp³-hybridized carbons (Fsp3) is 0.333. The topological polar surface area (TPSA) is 56.0 Å². The molecular formula is C21H24ClN3O2. The van der Waals surface area contributed by atoms with E-state index in [4.69, 9.17) is 11.6 Å². The minimum absolute atomic E-state index is 0.0108. The number of nitrogens with one attached hydrogen (secondary N) is 1. The Morgan fingerprint density at radius 1 is 1.04 bits per heavy atom. The molecule has 0 radical (unpaired) electrons. The van der Waals surface area contributed by atoms with Crippen LogP contribution in [0.25, 0.3) is 11.0 Å². The van der Waals surface area contributed by atoms with Gasteiger partial charge in [-0.15, -0.1) is 0 Å². The van der Waals surface area contributed by atoms with E-state index in [9.17, 15) is 9.59 Å². The second-order valence-corrected chi connectivity index (χ2v) is 7.38. The molecule has 0 aliphatic carbocycles. The first-order chi connectivity index (χ1) is 12.9. The Balaban J connectivity index is 1.87. The van der Waals surface area contributed by atoms with Crippen LogP contribution in [0.4, 0.5) is 0 Å². The summed E-state index contributed by atoms with van der Waals surface area (Å²) < 4.78 is 3.22. The molecule has 0 saturated carbocycles. The summed E-state index contributed by atoms with van der Waals surface area (Å²) in [5.74, 6) is 0.00795. The van der Waals surface area contributed by atoms with Gasteiger partial charge in [0, 0.05) is 11.6 Å². The zero-order valence-corrected chi connectivity index (χ0v) is 16.5. The second kappa shape index (κ2) is 8.01. The maximum atomic E-state index is 12.8. The Hall–Kier alpha value is -2.53.